The fourth-order valence-corrected chi connectivity index (χ4v) is 2.24. The summed E-state index contributed by atoms with van der Waals surface area (Å²) in [5.74, 6) is 0.671. The summed E-state index contributed by atoms with van der Waals surface area (Å²) in [6, 6.07) is 5.57. The van der Waals surface area contributed by atoms with Crippen LogP contribution in [-0.4, -0.2) is 26.7 Å². The van der Waals surface area contributed by atoms with Gasteiger partial charge in [-0.25, -0.2) is 4.98 Å². The largest absolute Gasteiger partial charge is 0.439 e. The van der Waals surface area contributed by atoms with Gasteiger partial charge in [0.25, 0.3) is 0 Å². The lowest BCUT2D eigenvalue weighted by Gasteiger charge is -2.12. The third-order valence-corrected chi connectivity index (χ3v) is 3.11. The van der Waals surface area contributed by atoms with Crippen LogP contribution in [0.2, 0.25) is 0 Å². The molecule has 104 valence electrons. The fraction of sp³-hybridized carbons (Fsp3) is 0.286. The van der Waals surface area contributed by atoms with Gasteiger partial charge in [0.15, 0.2) is 5.58 Å². The van der Waals surface area contributed by atoms with Crippen molar-refractivity contribution < 1.29 is 4.42 Å². The Labute approximate surface area is 116 Å². The van der Waals surface area contributed by atoms with Crippen LogP contribution in [0.15, 0.2) is 35.0 Å². The van der Waals surface area contributed by atoms with Crippen molar-refractivity contribution in [1.82, 2.24) is 19.7 Å². The number of hydrogen-bond donors (Lipinski definition) is 1. The van der Waals surface area contributed by atoms with Crippen molar-refractivity contribution in [2.75, 3.05) is 12.8 Å². The second-order valence-corrected chi connectivity index (χ2v) is 5.00. The summed E-state index contributed by atoms with van der Waals surface area (Å²) < 4.78 is 7.50. The lowest BCUT2D eigenvalue weighted by Crippen LogP contribution is -2.17. The Morgan fingerprint density at radius 1 is 1.35 bits per heavy atom. The third-order valence-electron chi connectivity index (χ3n) is 3.11. The van der Waals surface area contributed by atoms with Gasteiger partial charge in [0.2, 0.25) is 5.89 Å². The molecule has 0 atom stereocenters. The highest BCUT2D eigenvalue weighted by Crippen LogP contribution is 2.21. The first-order valence-corrected chi connectivity index (χ1v) is 6.42. The summed E-state index contributed by atoms with van der Waals surface area (Å²) in [5.41, 5.74) is 9.15. The molecule has 20 heavy (non-hydrogen) atoms. The maximum absolute atomic E-state index is 5.88. The van der Waals surface area contributed by atoms with Crippen LogP contribution in [0.5, 0.6) is 0 Å². The second kappa shape index (κ2) is 4.97. The zero-order valence-corrected chi connectivity index (χ0v) is 11.6. The molecule has 0 aliphatic heterocycles. The zero-order chi connectivity index (χ0) is 14.1. The molecule has 0 unspecified atom stereocenters. The van der Waals surface area contributed by atoms with Gasteiger partial charge in [-0.05, 0) is 19.2 Å². The maximum Gasteiger partial charge on any atom is 0.209 e. The van der Waals surface area contributed by atoms with Crippen LogP contribution in [0.1, 0.15) is 11.5 Å². The van der Waals surface area contributed by atoms with Crippen molar-refractivity contribution in [2.45, 2.75) is 13.1 Å². The first-order valence-electron chi connectivity index (χ1n) is 6.42. The average Bonchev–Trinajstić information content (AvgIpc) is 2.96. The van der Waals surface area contributed by atoms with Crippen LogP contribution in [-0.2, 0) is 20.1 Å². The van der Waals surface area contributed by atoms with Gasteiger partial charge < -0.3 is 10.2 Å². The molecular formula is C14H17N5O. The quantitative estimate of drug-likeness (QED) is 0.732. The van der Waals surface area contributed by atoms with E-state index in [2.05, 4.69) is 15.0 Å². The molecule has 0 aliphatic carbocycles. The Bertz CT molecular complexity index is 730. The maximum atomic E-state index is 5.88. The minimum absolute atomic E-state index is 0.628. The molecule has 0 radical (unpaired) electrons. The first-order chi connectivity index (χ1) is 9.61. The van der Waals surface area contributed by atoms with Crippen molar-refractivity contribution >= 4 is 16.8 Å². The topological polar surface area (TPSA) is 73.1 Å². The molecule has 0 spiro atoms. The summed E-state index contributed by atoms with van der Waals surface area (Å²) in [5, 5.41) is 4.16. The Hall–Kier alpha value is -2.34. The fourth-order valence-electron chi connectivity index (χ4n) is 2.24. The number of nitrogens with zero attached hydrogens (tertiary/aromatic N) is 4. The van der Waals surface area contributed by atoms with E-state index in [1.165, 1.54) is 0 Å². The number of anilines is 1. The Kier molecular flexibility index (Phi) is 3.15. The van der Waals surface area contributed by atoms with Gasteiger partial charge in [0, 0.05) is 25.4 Å². The van der Waals surface area contributed by atoms with Gasteiger partial charge in [-0.2, -0.15) is 5.10 Å². The van der Waals surface area contributed by atoms with Crippen LogP contribution >= 0.6 is 0 Å². The van der Waals surface area contributed by atoms with Crippen LogP contribution in [0.4, 0.5) is 5.69 Å². The number of benzene rings is 1. The Morgan fingerprint density at radius 3 is 2.90 bits per heavy atom. The molecule has 1 aromatic carbocycles. The normalized spacial score (nSPS) is 11.6. The molecule has 2 N–H and O–H groups in total. The van der Waals surface area contributed by atoms with Crippen LogP contribution in [0.25, 0.3) is 11.1 Å². The zero-order valence-electron chi connectivity index (χ0n) is 11.6. The van der Waals surface area contributed by atoms with E-state index in [1.54, 1.807) is 4.68 Å². The molecule has 2 aromatic heterocycles. The molecule has 0 fully saturated rings. The first kappa shape index (κ1) is 12.7. The molecule has 6 nitrogen and oxygen atoms in total. The van der Waals surface area contributed by atoms with E-state index in [1.807, 2.05) is 44.7 Å². The number of fused-ring (bicyclic) bond motifs is 1. The molecular weight excluding hydrogens is 254 g/mol. The van der Waals surface area contributed by atoms with Gasteiger partial charge in [-0.1, -0.05) is 6.07 Å². The van der Waals surface area contributed by atoms with Gasteiger partial charge >= 0.3 is 0 Å². The number of oxazole rings is 1. The van der Waals surface area contributed by atoms with Crippen molar-refractivity contribution in [3.63, 3.8) is 0 Å². The number of nitrogens with two attached hydrogens (primary N) is 1. The van der Waals surface area contributed by atoms with E-state index in [-0.39, 0.29) is 0 Å². The van der Waals surface area contributed by atoms with Gasteiger partial charge in [0.1, 0.15) is 5.52 Å². The number of nitrogen functional groups attached to an aromatic ring is 1. The van der Waals surface area contributed by atoms with E-state index >= 15 is 0 Å². The number of hydrogen-bond acceptors (Lipinski definition) is 5. The molecule has 6 heteroatoms. The van der Waals surface area contributed by atoms with Crippen LogP contribution in [0.3, 0.4) is 0 Å². The summed E-state index contributed by atoms with van der Waals surface area (Å²) in [6.45, 7) is 1.42. The van der Waals surface area contributed by atoms with Gasteiger partial charge in [-0.3, -0.25) is 9.58 Å². The Balaban J connectivity index is 1.74. The highest BCUT2D eigenvalue weighted by atomic mass is 16.3. The lowest BCUT2D eigenvalue weighted by atomic mass is 10.3. The van der Waals surface area contributed by atoms with Gasteiger partial charge in [-0.15, -0.1) is 0 Å². The van der Waals surface area contributed by atoms with Crippen molar-refractivity contribution in [2.24, 2.45) is 7.05 Å². The highest BCUT2D eigenvalue weighted by molar-refractivity contribution is 5.85. The van der Waals surface area contributed by atoms with Crippen LogP contribution < -0.4 is 5.73 Å². The third kappa shape index (κ3) is 2.50. The number of aryl methyl sites for hydroxylation is 1. The molecule has 2 heterocycles. The van der Waals surface area contributed by atoms with E-state index in [0.29, 0.717) is 18.1 Å². The smallest absolute Gasteiger partial charge is 0.209 e. The molecule has 3 aromatic rings. The minimum atomic E-state index is 0.628. The molecule has 3 rings (SSSR count). The van der Waals surface area contributed by atoms with E-state index in [9.17, 15) is 0 Å². The van der Waals surface area contributed by atoms with E-state index in [0.717, 1.165) is 23.2 Å². The predicted octanol–water partition coefficient (Wildman–Crippen LogP) is 1.78. The van der Waals surface area contributed by atoms with Crippen molar-refractivity contribution in [3.8, 4) is 0 Å². The predicted molar refractivity (Wildman–Crippen MR) is 76.8 cm³/mol. The van der Waals surface area contributed by atoms with Crippen LogP contribution in [0, 0.1) is 0 Å². The van der Waals surface area contributed by atoms with Crippen molar-refractivity contribution in [3.05, 3.63) is 42.0 Å². The Morgan fingerprint density at radius 2 is 2.20 bits per heavy atom. The van der Waals surface area contributed by atoms with E-state index in [4.69, 9.17) is 10.2 Å². The van der Waals surface area contributed by atoms with Gasteiger partial charge in [0.05, 0.1) is 18.4 Å². The molecule has 0 amide bonds. The summed E-state index contributed by atoms with van der Waals surface area (Å²) in [4.78, 5) is 6.57. The number of rotatable bonds is 4. The molecule has 0 aliphatic rings. The summed E-state index contributed by atoms with van der Waals surface area (Å²) in [6.07, 6.45) is 3.86. The summed E-state index contributed by atoms with van der Waals surface area (Å²) >= 11 is 0. The summed E-state index contributed by atoms with van der Waals surface area (Å²) in [7, 11) is 3.93. The molecule has 0 saturated carbocycles. The monoisotopic (exact) mass is 271 g/mol. The molecule has 0 saturated heterocycles. The minimum Gasteiger partial charge on any atom is -0.439 e. The average molecular weight is 271 g/mol. The van der Waals surface area contributed by atoms with E-state index < -0.39 is 0 Å². The highest BCUT2D eigenvalue weighted by Gasteiger charge is 2.11. The lowest BCUT2D eigenvalue weighted by molar-refractivity contribution is 0.285. The number of para-hydroxylation sites is 1. The van der Waals surface area contributed by atoms with Crippen molar-refractivity contribution in [1.29, 1.82) is 0 Å². The SMILES string of the molecule is CN(Cc1cnn(C)c1)Cc1nc2c(N)cccc2o1. The number of aromatic nitrogens is 3. The molecule has 0 bridgehead atoms. The standard InChI is InChI=1S/C14H17N5O/c1-18(7-10-6-16-19(2)8-10)9-13-17-14-11(15)4-3-5-12(14)20-13/h3-6,8H,7,9,15H2,1-2H3. The second-order valence-electron chi connectivity index (χ2n) is 5.00.